The molecule has 4 amide bonds. The molecule has 4 aromatic rings. The van der Waals surface area contributed by atoms with Gasteiger partial charge in [0.25, 0.3) is 5.91 Å². The van der Waals surface area contributed by atoms with E-state index >= 15 is 0 Å². The maximum absolute atomic E-state index is 13.2. The van der Waals surface area contributed by atoms with Crippen molar-refractivity contribution in [1.29, 1.82) is 5.26 Å². The van der Waals surface area contributed by atoms with E-state index < -0.39 is 17.8 Å². The van der Waals surface area contributed by atoms with E-state index in [1.165, 1.54) is 29.2 Å². The Morgan fingerprint density at radius 2 is 1.76 bits per heavy atom. The average molecular weight is 500 g/mol. The van der Waals surface area contributed by atoms with Gasteiger partial charge in [0.2, 0.25) is 11.9 Å². The molecule has 1 aromatic heterocycles. The third kappa shape index (κ3) is 5.71. The second-order valence-corrected chi connectivity index (χ2v) is 8.12. The van der Waals surface area contributed by atoms with Gasteiger partial charge in [0.1, 0.15) is 5.82 Å². The number of nitriles is 1. The maximum atomic E-state index is 13.2. The lowest BCUT2D eigenvalue weighted by Gasteiger charge is -2.17. The lowest BCUT2D eigenvalue weighted by atomic mass is 10.2. The van der Waals surface area contributed by atoms with Gasteiger partial charge in [0.05, 0.1) is 22.7 Å². The van der Waals surface area contributed by atoms with Crippen molar-refractivity contribution >= 4 is 46.2 Å². The number of carbonyl (C=O) groups is 3. The zero-order chi connectivity index (χ0) is 26.5. The Morgan fingerprint density at radius 3 is 2.41 bits per heavy atom. The van der Waals surface area contributed by atoms with Crippen molar-refractivity contribution in [2.45, 2.75) is 13.0 Å². The first-order valence-corrected chi connectivity index (χ1v) is 11.2. The molecule has 0 unspecified atom stereocenters. The van der Waals surface area contributed by atoms with Crippen LogP contribution in [-0.4, -0.2) is 34.4 Å². The molecule has 10 nitrogen and oxygen atoms in total. The molecule has 186 valence electrons. The van der Waals surface area contributed by atoms with Crippen LogP contribution in [0.5, 0.6) is 0 Å². The maximum Gasteiger partial charge on any atom is 0.326 e. The monoisotopic (exact) mass is 499 g/mol. The first-order valence-electron chi connectivity index (χ1n) is 11.2. The largest absolute Gasteiger partial charge is 0.370 e. The van der Waals surface area contributed by atoms with Gasteiger partial charge in [-0.25, -0.2) is 14.2 Å². The number of amides is 4. The third-order valence-corrected chi connectivity index (χ3v) is 5.59. The van der Waals surface area contributed by atoms with Gasteiger partial charge >= 0.3 is 6.03 Å². The quantitative estimate of drug-likeness (QED) is 0.354. The van der Waals surface area contributed by atoms with Crippen molar-refractivity contribution in [1.82, 2.24) is 9.55 Å². The minimum atomic E-state index is -0.579. The minimum absolute atomic E-state index is 0.0160. The summed E-state index contributed by atoms with van der Waals surface area (Å²) in [5.41, 5.74) is 8.18. The van der Waals surface area contributed by atoms with Gasteiger partial charge < -0.3 is 20.5 Å². The van der Waals surface area contributed by atoms with Crippen LogP contribution in [0.3, 0.4) is 0 Å². The predicted octanol–water partition coefficient (Wildman–Crippen LogP) is 3.84. The number of rotatable bonds is 7. The summed E-state index contributed by atoms with van der Waals surface area (Å²) in [6.07, 6.45) is 0.0160. The molecule has 37 heavy (non-hydrogen) atoms. The Labute approximate surface area is 211 Å². The Bertz CT molecular complexity index is 1520. The number of fused-ring (bicyclic) bond motifs is 1. The van der Waals surface area contributed by atoms with E-state index in [-0.39, 0.29) is 24.8 Å². The molecule has 1 heterocycles. The van der Waals surface area contributed by atoms with Gasteiger partial charge in [-0.3, -0.25) is 14.9 Å². The standard InChI is InChI=1S/C26H22FN7O3/c1-33(24(36)17-4-6-18(27)7-5-17)20-10-11-22-21(14-20)31-25(34(22)13-12-23(29)35)32-26(37)30-19-8-2-16(15-28)3-9-19/h2-11,14H,12-13H2,1H3,(H2,29,35)(H2,30,31,32,37). The first-order chi connectivity index (χ1) is 17.7. The molecule has 0 radical (unpaired) electrons. The fourth-order valence-corrected chi connectivity index (χ4v) is 3.67. The summed E-state index contributed by atoms with van der Waals surface area (Å²) >= 11 is 0. The summed E-state index contributed by atoms with van der Waals surface area (Å²) in [7, 11) is 1.58. The van der Waals surface area contributed by atoms with E-state index in [0.29, 0.717) is 33.5 Å². The molecular weight excluding hydrogens is 477 g/mol. The third-order valence-electron chi connectivity index (χ3n) is 5.59. The number of aromatic nitrogens is 2. The summed E-state index contributed by atoms with van der Waals surface area (Å²) in [6.45, 7) is 0.169. The zero-order valence-corrected chi connectivity index (χ0v) is 19.7. The summed E-state index contributed by atoms with van der Waals surface area (Å²) in [6, 6.07) is 18.1. The van der Waals surface area contributed by atoms with Gasteiger partial charge in [-0.15, -0.1) is 0 Å². The molecule has 4 N–H and O–H groups in total. The molecule has 0 aliphatic carbocycles. The van der Waals surface area contributed by atoms with Crippen molar-refractivity contribution in [3.63, 3.8) is 0 Å². The molecule has 0 fully saturated rings. The number of anilines is 3. The zero-order valence-electron chi connectivity index (χ0n) is 19.7. The number of imidazole rings is 1. The number of urea groups is 1. The van der Waals surface area contributed by atoms with Crippen LogP contribution < -0.4 is 21.3 Å². The molecule has 0 aliphatic rings. The molecule has 11 heteroatoms. The number of nitrogens with two attached hydrogens (primary N) is 1. The van der Waals surface area contributed by atoms with Crippen molar-refractivity contribution in [3.05, 3.63) is 83.7 Å². The normalized spacial score (nSPS) is 10.5. The van der Waals surface area contributed by atoms with Gasteiger partial charge in [0, 0.05) is 37.0 Å². The van der Waals surface area contributed by atoms with E-state index in [2.05, 4.69) is 15.6 Å². The van der Waals surface area contributed by atoms with Crippen molar-refractivity contribution in [2.75, 3.05) is 22.6 Å². The van der Waals surface area contributed by atoms with Crippen LogP contribution in [0, 0.1) is 17.1 Å². The summed E-state index contributed by atoms with van der Waals surface area (Å²) in [5.74, 6) is -1.12. The van der Waals surface area contributed by atoms with Gasteiger partial charge in [0.15, 0.2) is 0 Å². The molecule has 0 aliphatic heterocycles. The van der Waals surface area contributed by atoms with Crippen LogP contribution in [0.15, 0.2) is 66.7 Å². The van der Waals surface area contributed by atoms with Crippen LogP contribution >= 0.6 is 0 Å². The number of hydrogen-bond acceptors (Lipinski definition) is 5. The summed E-state index contributed by atoms with van der Waals surface area (Å²) in [4.78, 5) is 42.8. The number of halogens is 1. The highest BCUT2D eigenvalue weighted by Crippen LogP contribution is 2.26. The van der Waals surface area contributed by atoms with E-state index in [1.807, 2.05) is 6.07 Å². The highest BCUT2D eigenvalue weighted by molar-refractivity contribution is 6.06. The second kappa shape index (κ2) is 10.6. The number of benzene rings is 3. The van der Waals surface area contributed by atoms with Crippen LogP contribution in [0.25, 0.3) is 11.0 Å². The first kappa shape index (κ1) is 24.9. The molecule has 3 aromatic carbocycles. The van der Waals surface area contributed by atoms with E-state index in [9.17, 15) is 18.8 Å². The van der Waals surface area contributed by atoms with Gasteiger partial charge in [-0.05, 0) is 66.7 Å². The predicted molar refractivity (Wildman–Crippen MR) is 136 cm³/mol. The summed E-state index contributed by atoms with van der Waals surface area (Å²) in [5, 5.41) is 14.3. The lowest BCUT2D eigenvalue weighted by Crippen LogP contribution is -2.26. The number of carbonyl (C=O) groups excluding carboxylic acids is 3. The number of aryl methyl sites for hydroxylation is 1. The Balaban J connectivity index is 1.60. The van der Waals surface area contributed by atoms with Gasteiger partial charge in [-0.1, -0.05) is 0 Å². The highest BCUT2D eigenvalue weighted by Gasteiger charge is 2.18. The SMILES string of the molecule is CN(C(=O)c1ccc(F)cc1)c1ccc2c(c1)nc(NC(=O)Nc1ccc(C#N)cc1)n2CCC(N)=O. The van der Waals surface area contributed by atoms with Crippen LogP contribution in [0.2, 0.25) is 0 Å². The fraction of sp³-hybridized carbons (Fsp3) is 0.115. The van der Waals surface area contributed by atoms with Crippen LogP contribution in [-0.2, 0) is 11.3 Å². The molecule has 0 saturated carbocycles. The van der Waals surface area contributed by atoms with Crippen molar-refractivity contribution < 1.29 is 18.8 Å². The molecule has 0 atom stereocenters. The Hall–Kier alpha value is -5.24. The smallest absolute Gasteiger partial charge is 0.326 e. The molecule has 4 rings (SSSR count). The number of primary amides is 1. The van der Waals surface area contributed by atoms with E-state index in [4.69, 9.17) is 11.0 Å². The minimum Gasteiger partial charge on any atom is -0.370 e. The average Bonchev–Trinajstić information content (AvgIpc) is 3.23. The molecular formula is C26H22FN7O3. The van der Waals surface area contributed by atoms with Gasteiger partial charge in [-0.2, -0.15) is 5.26 Å². The lowest BCUT2D eigenvalue weighted by molar-refractivity contribution is -0.118. The molecule has 0 spiro atoms. The second-order valence-electron chi connectivity index (χ2n) is 8.12. The summed E-state index contributed by atoms with van der Waals surface area (Å²) < 4.78 is 14.9. The van der Waals surface area contributed by atoms with Crippen LogP contribution in [0.4, 0.5) is 26.5 Å². The Kier molecular flexibility index (Phi) is 7.11. The number of nitrogens with zero attached hydrogens (tertiary/aromatic N) is 4. The van der Waals surface area contributed by atoms with Crippen LogP contribution in [0.1, 0.15) is 22.3 Å². The van der Waals surface area contributed by atoms with E-state index in [0.717, 1.165) is 0 Å². The number of hydrogen-bond donors (Lipinski definition) is 3. The Morgan fingerprint density at radius 1 is 1.05 bits per heavy atom. The topological polar surface area (TPSA) is 146 Å². The molecule has 0 bridgehead atoms. The fourth-order valence-electron chi connectivity index (χ4n) is 3.67. The van der Waals surface area contributed by atoms with Crippen molar-refractivity contribution in [2.24, 2.45) is 5.73 Å². The molecule has 0 saturated heterocycles. The number of nitrogens with one attached hydrogen (secondary N) is 2. The highest BCUT2D eigenvalue weighted by atomic mass is 19.1. The van der Waals surface area contributed by atoms with E-state index in [1.54, 1.807) is 54.1 Å². The van der Waals surface area contributed by atoms with Crippen molar-refractivity contribution in [3.8, 4) is 6.07 Å².